The van der Waals surface area contributed by atoms with E-state index >= 15 is 0 Å². The lowest BCUT2D eigenvalue weighted by atomic mass is 9.80. The molecule has 0 unspecified atom stereocenters. The van der Waals surface area contributed by atoms with E-state index in [2.05, 4.69) is 170 Å². The van der Waals surface area contributed by atoms with Crippen LogP contribution in [0.5, 0.6) is 0 Å². The Morgan fingerprint density at radius 2 is 0.962 bits per heavy atom. The summed E-state index contributed by atoms with van der Waals surface area (Å²) in [5.74, 6) is 0.710. The topological polar surface area (TPSA) is 29.0 Å². The Labute approximate surface area is 304 Å². The van der Waals surface area contributed by atoms with Gasteiger partial charge in [0.2, 0.25) is 0 Å². The minimum absolute atomic E-state index is 0.116. The van der Waals surface area contributed by atoms with Gasteiger partial charge in [-0.25, -0.2) is 9.97 Å². The van der Waals surface area contributed by atoms with Crippen molar-refractivity contribution in [1.29, 1.82) is 0 Å². The third kappa shape index (κ3) is 4.74. The number of benzene rings is 7. The molecule has 10 rings (SSSR count). The molecule has 0 radical (unpaired) electrons. The fourth-order valence-electron chi connectivity index (χ4n) is 8.25. The lowest BCUT2D eigenvalue weighted by Gasteiger charge is -2.27. The number of aromatic nitrogens is 2. The normalized spacial score (nSPS) is 13.3. The van der Waals surface area contributed by atoms with Crippen molar-refractivity contribution in [3.8, 4) is 67.3 Å². The molecule has 246 valence electrons. The van der Waals surface area contributed by atoms with Crippen LogP contribution in [-0.4, -0.2) is 9.97 Å². The van der Waals surface area contributed by atoms with Crippen molar-refractivity contribution in [2.75, 3.05) is 4.90 Å². The van der Waals surface area contributed by atoms with Crippen LogP contribution in [-0.2, 0) is 5.41 Å². The predicted molar refractivity (Wildman–Crippen MR) is 215 cm³/mol. The van der Waals surface area contributed by atoms with Crippen LogP contribution < -0.4 is 4.90 Å². The Bertz CT molecular complexity index is 2590. The Kier molecular flexibility index (Phi) is 6.84. The number of anilines is 3. The van der Waals surface area contributed by atoms with Crippen LogP contribution in [0.25, 0.3) is 67.3 Å². The monoisotopic (exact) mass is 665 g/mol. The highest BCUT2D eigenvalue weighted by Gasteiger charge is 2.37. The zero-order chi connectivity index (χ0) is 34.8. The number of para-hydroxylation sites is 2. The van der Waals surface area contributed by atoms with E-state index in [1.165, 1.54) is 44.5 Å². The molecular formula is C49H35N3. The average Bonchev–Trinajstić information content (AvgIpc) is 3.35. The van der Waals surface area contributed by atoms with Gasteiger partial charge in [-0.05, 0) is 81.9 Å². The molecule has 0 atom stereocenters. The predicted octanol–water partition coefficient (Wildman–Crippen LogP) is 12.9. The summed E-state index contributed by atoms with van der Waals surface area (Å²) in [6, 6.07) is 63.1. The van der Waals surface area contributed by atoms with Crippen LogP contribution in [0.3, 0.4) is 0 Å². The summed E-state index contributed by atoms with van der Waals surface area (Å²) in [6.07, 6.45) is 0. The number of hydrogen-bond donors (Lipinski definition) is 0. The summed E-state index contributed by atoms with van der Waals surface area (Å²) in [5, 5.41) is 0. The van der Waals surface area contributed by atoms with E-state index in [4.69, 9.17) is 9.97 Å². The Morgan fingerprint density at radius 3 is 1.71 bits per heavy atom. The van der Waals surface area contributed by atoms with Gasteiger partial charge in [-0.3, -0.25) is 0 Å². The van der Waals surface area contributed by atoms with Gasteiger partial charge < -0.3 is 4.90 Å². The molecule has 8 aromatic rings. The highest BCUT2D eigenvalue weighted by atomic mass is 15.1. The third-order valence-corrected chi connectivity index (χ3v) is 10.8. The summed E-state index contributed by atoms with van der Waals surface area (Å²) < 4.78 is 0. The smallest absolute Gasteiger partial charge is 0.160 e. The molecule has 0 amide bonds. The molecular weight excluding hydrogens is 631 g/mol. The van der Waals surface area contributed by atoms with Crippen LogP contribution in [0.4, 0.5) is 17.1 Å². The first kappa shape index (κ1) is 30.3. The summed E-state index contributed by atoms with van der Waals surface area (Å²) in [4.78, 5) is 12.7. The molecule has 0 spiro atoms. The number of nitrogens with zero attached hydrogens (tertiary/aromatic N) is 3. The Balaban J connectivity index is 1.26. The van der Waals surface area contributed by atoms with Crippen molar-refractivity contribution < 1.29 is 0 Å². The van der Waals surface area contributed by atoms with Crippen molar-refractivity contribution in [2.45, 2.75) is 19.3 Å². The quantitative estimate of drug-likeness (QED) is 0.187. The average molecular weight is 666 g/mol. The standard InChI is InChI=1S/C49H35N3/c1-49(2)42-24-14-12-22-36(42)40-29-38-39(30-43(40)49)37-23-13-15-25-46(37)52(35-20-10-5-11-21-35)47-27-26-34(28-41(38)47)45-31-44(32-16-6-3-7-17-32)50-48(51-45)33-18-8-4-9-19-33/h3-31H,1-2H3. The first-order valence-corrected chi connectivity index (χ1v) is 17.9. The van der Waals surface area contributed by atoms with Crippen molar-refractivity contribution in [3.05, 3.63) is 187 Å². The molecule has 7 aromatic carbocycles. The Morgan fingerprint density at radius 1 is 0.385 bits per heavy atom. The second-order valence-corrected chi connectivity index (χ2v) is 14.2. The molecule has 1 aliphatic carbocycles. The van der Waals surface area contributed by atoms with E-state index in [0.717, 1.165) is 45.1 Å². The van der Waals surface area contributed by atoms with Crippen molar-refractivity contribution >= 4 is 17.1 Å². The van der Waals surface area contributed by atoms with E-state index < -0.39 is 0 Å². The maximum absolute atomic E-state index is 5.23. The van der Waals surface area contributed by atoms with E-state index in [0.29, 0.717) is 5.82 Å². The fraction of sp³-hybridized carbons (Fsp3) is 0.0612. The highest BCUT2D eigenvalue weighted by Crippen LogP contribution is 2.56. The third-order valence-electron chi connectivity index (χ3n) is 10.8. The molecule has 0 N–H and O–H groups in total. The van der Waals surface area contributed by atoms with Gasteiger partial charge in [0.05, 0.1) is 22.8 Å². The van der Waals surface area contributed by atoms with E-state index in [1.807, 2.05) is 24.3 Å². The number of rotatable bonds is 4. The second kappa shape index (κ2) is 11.8. The van der Waals surface area contributed by atoms with Gasteiger partial charge in [-0.15, -0.1) is 0 Å². The lowest BCUT2D eigenvalue weighted by Crippen LogP contribution is -2.15. The van der Waals surface area contributed by atoms with E-state index in [1.54, 1.807) is 0 Å². The summed E-state index contributed by atoms with van der Waals surface area (Å²) in [5.41, 5.74) is 18.4. The molecule has 2 heterocycles. The van der Waals surface area contributed by atoms with E-state index in [9.17, 15) is 0 Å². The molecule has 0 saturated heterocycles. The van der Waals surface area contributed by atoms with Crippen LogP contribution in [0.1, 0.15) is 25.0 Å². The number of hydrogen-bond acceptors (Lipinski definition) is 3. The second-order valence-electron chi connectivity index (χ2n) is 14.2. The summed E-state index contributed by atoms with van der Waals surface area (Å²) >= 11 is 0. The largest absolute Gasteiger partial charge is 0.309 e. The van der Waals surface area contributed by atoms with Gasteiger partial charge in [0, 0.05) is 38.9 Å². The first-order valence-electron chi connectivity index (χ1n) is 17.9. The van der Waals surface area contributed by atoms with Gasteiger partial charge in [0.1, 0.15) is 0 Å². The van der Waals surface area contributed by atoms with Gasteiger partial charge >= 0.3 is 0 Å². The molecule has 0 saturated carbocycles. The van der Waals surface area contributed by atoms with Gasteiger partial charge in [0.25, 0.3) is 0 Å². The zero-order valence-electron chi connectivity index (χ0n) is 29.1. The van der Waals surface area contributed by atoms with Gasteiger partial charge in [-0.2, -0.15) is 0 Å². The minimum atomic E-state index is -0.116. The molecule has 3 nitrogen and oxygen atoms in total. The van der Waals surface area contributed by atoms with Crippen molar-refractivity contribution in [3.63, 3.8) is 0 Å². The Hall–Kier alpha value is -6.58. The van der Waals surface area contributed by atoms with Crippen LogP contribution in [0, 0.1) is 0 Å². The van der Waals surface area contributed by atoms with Crippen molar-refractivity contribution in [2.24, 2.45) is 0 Å². The molecule has 1 aliphatic heterocycles. The molecule has 0 fully saturated rings. The maximum atomic E-state index is 5.23. The summed E-state index contributed by atoms with van der Waals surface area (Å²) in [6.45, 7) is 4.72. The molecule has 3 heteroatoms. The van der Waals surface area contributed by atoms with Gasteiger partial charge in [0.15, 0.2) is 5.82 Å². The van der Waals surface area contributed by atoms with E-state index in [-0.39, 0.29) is 5.41 Å². The lowest BCUT2D eigenvalue weighted by molar-refractivity contribution is 0.660. The fourth-order valence-corrected chi connectivity index (χ4v) is 8.25. The molecule has 0 bridgehead atoms. The van der Waals surface area contributed by atoms with Crippen LogP contribution in [0.2, 0.25) is 0 Å². The highest BCUT2D eigenvalue weighted by molar-refractivity contribution is 6.05. The van der Waals surface area contributed by atoms with Crippen molar-refractivity contribution in [1.82, 2.24) is 9.97 Å². The van der Waals surface area contributed by atoms with Crippen LogP contribution >= 0.6 is 0 Å². The maximum Gasteiger partial charge on any atom is 0.160 e. The minimum Gasteiger partial charge on any atom is -0.309 e. The van der Waals surface area contributed by atoms with Crippen LogP contribution in [0.15, 0.2) is 176 Å². The molecule has 52 heavy (non-hydrogen) atoms. The molecule has 2 aliphatic rings. The molecule has 1 aromatic heterocycles. The SMILES string of the molecule is CC1(C)c2ccccc2-c2cc3c(cc21)-c1ccccc1N(c1ccccc1)c1ccc(-c2cc(-c4ccccc4)nc(-c4ccccc4)n2)cc1-3. The number of fused-ring (bicyclic) bond motifs is 8. The summed E-state index contributed by atoms with van der Waals surface area (Å²) in [7, 11) is 0. The van der Waals surface area contributed by atoms with Gasteiger partial charge in [-0.1, -0.05) is 141 Å². The first-order chi connectivity index (χ1) is 25.5. The zero-order valence-corrected chi connectivity index (χ0v) is 29.1.